The number of benzene rings is 2. The highest BCUT2D eigenvalue weighted by Crippen LogP contribution is 2.18. The van der Waals surface area contributed by atoms with E-state index in [1.807, 2.05) is 19.9 Å². The molecule has 0 aliphatic rings. The van der Waals surface area contributed by atoms with Crippen LogP contribution in [0.5, 0.6) is 5.75 Å². The molecule has 0 fully saturated rings. The molecule has 0 bridgehead atoms. The van der Waals surface area contributed by atoms with Crippen LogP contribution in [0, 0.1) is 0 Å². The van der Waals surface area contributed by atoms with Gasteiger partial charge in [0.15, 0.2) is 17.3 Å². The average molecular weight is 390 g/mol. The van der Waals surface area contributed by atoms with Crippen molar-refractivity contribution >= 4 is 28.9 Å². The van der Waals surface area contributed by atoms with Crippen LogP contribution in [0.15, 0.2) is 60.7 Å². The summed E-state index contributed by atoms with van der Waals surface area (Å²) in [5.74, 6) is 0.829. The maximum Gasteiger partial charge on any atom is 0.276 e. The van der Waals surface area contributed by atoms with Crippen molar-refractivity contribution in [3.63, 3.8) is 0 Å². The first-order chi connectivity index (χ1) is 13.9. The Morgan fingerprint density at radius 1 is 0.931 bits per heavy atom. The SMILES string of the molecule is CC(=O)c1cccc(Nc2ccc(C(=O)Nc3ccc(OC(C)C)cc3)nn2)c1. The number of amides is 1. The second kappa shape index (κ2) is 8.97. The topological polar surface area (TPSA) is 93.2 Å². The van der Waals surface area contributed by atoms with Crippen molar-refractivity contribution in [3.05, 3.63) is 71.9 Å². The fourth-order valence-corrected chi connectivity index (χ4v) is 2.57. The number of hydrogen-bond donors (Lipinski definition) is 2. The lowest BCUT2D eigenvalue weighted by molar-refractivity contribution is 0.101. The number of ketones is 1. The summed E-state index contributed by atoms with van der Waals surface area (Å²) in [4.78, 5) is 23.8. The summed E-state index contributed by atoms with van der Waals surface area (Å²) in [5, 5.41) is 13.8. The summed E-state index contributed by atoms with van der Waals surface area (Å²) in [7, 11) is 0. The number of ether oxygens (including phenoxy) is 1. The van der Waals surface area contributed by atoms with Gasteiger partial charge >= 0.3 is 0 Å². The molecule has 3 aromatic rings. The molecule has 148 valence electrons. The van der Waals surface area contributed by atoms with Crippen LogP contribution in [0.1, 0.15) is 41.6 Å². The summed E-state index contributed by atoms with van der Waals surface area (Å²) in [6.07, 6.45) is 0.0859. The molecule has 1 heterocycles. The van der Waals surface area contributed by atoms with Crippen LogP contribution in [0.4, 0.5) is 17.2 Å². The molecule has 0 unspecified atom stereocenters. The highest BCUT2D eigenvalue weighted by atomic mass is 16.5. The Labute approximate surface area is 169 Å². The summed E-state index contributed by atoms with van der Waals surface area (Å²) in [5.41, 5.74) is 2.14. The summed E-state index contributed by atoms with van der Waals surface area (Å²) in [6.45, 7) is 5.41. The minimum Gasteiger partial charge on any atom is -0.491 e. The predicted octanol–water partition coefficient (Wildman–Crippen LogP) is 4.46. The van der Waals surface area contributed by atoms with Gasteiger partial charge in [0, 0.05) is 16.9 Å². The van der Waals surface area contributed by atoms with Crippen LogP contribution in [-0.2, 0) is 0 Å². The number of aromatic nitrogens is 2. The Balaban J connectivity index is 1.63. The van der Waals surface area contributed by atoms with E-state index in [1.165, 1.54) is 6.92 Å². The van der Waals surface area contributed by atoms with E-state index in [4.69, 9.17) is 4.74 Å². The molecule has 3 rings (SSSR count). The molecule has 29 heavy (non-hydrogen) atoms. The first-order valence-electron chi connectivity index (χ1n) is 9.20. The number of nitrogens with zero attached hydrogens (tertiary/aromatic N) is 2. The summed E-state index contributed by atoms with van der Waals surface area (Å²) >= 11 is 0. The third-order valence-corrected chi connectivity index (χ3v) is 3.92. The Bertz CT molecular complexity index is 999. The number of carbonyl (C=O) groups excluding carboxylic acids is 2. The largest absolute Gasteiger partial charge is 0.491 e. The molecule has 0 radical (unpaired) electrons. The number of nitrogens with one attached hydrogen (secondary N) is 2. The van der Waals surface area contributed by atoms with Gasteiger partial charge in [-0.15, -0.1) is 10.2 Å². The predicted molar refractivity (Wildman–Crippen MR) is 112 cm³/mol. The molecule has 0 aliphatic heterocycles. The number of carbonyl (C=O) groups is 2. The van der Waals surface area contributed by atoms with E-state index in [2.05, 4.69) is 20.8 Å². The van der Waals surface area contributed by atoms with Gasteiger partial charge in [0.1, 0.15) is 5.75 Å². The van der Waals surface area contributed by atoms with Crippen LogP contribution in [0.3, 0.4) is 0 Å². The fraction of sp³-hybridized carbons (Fsp3) is 0.182. The van der Waals surface area contributed by atoms with E-state index in [9.17, 15) is 9.59 Å². The molecular weight excluding hydrogens is 368 g/mol. The Kier molecular flexibility index (Phi) is 6.19. The van der Waals surface area contributed by atoms with Gasteiger partial charge in [0.2, 0.25) is 0 Å². The lowest BCUT2D eigenvalue weighted by Gasteiger charge is -2.10. The number of anilines is 3. The molecule has 0 aliphatic carbocycles. The first kappa shape index (κ1) is 20.0. The second-order valence-corrected chi connectivity index (χ2v) is 6.71. The molecule has 0 saturated heterocycles. The zero-order chi connectivity index (χ0) is 20.8. The van der Waals surface area contributed by atoms with E-state index < -0.39 is 0 Å². The van der Waals surface area contributed by atoms with E-state index in [1.54, 1.807) is 54.6 Å². The quantitative estimate of drug-likeness (QED) is 0.579. The smallest absolute Gasteiger partial charge is 0.276 e. The van der Waals surface area contributed by atoms with Crippen LogP contribution in [0.2, 0.25) is 0 Å². The van der Waals surface area contributed by atoms with Crippen LogP contribution >= 0.6 is 0 Å². The maximum atomic E-state index is 12.4. The van der Waals surface area contributed by atoms with Gasteiger partial charge in [0.05, 0.1) is 6.10 Å². The molecule has 7 nitrogen and oxygen atoms in total. The minimum absolute atomic E-state index is 0.0180. The van der Waals surface area contributed by atoms with Gasteiger partial charge in [0.25, 0.3) is 5.91 Å². The Morgan fingerprint density at radius 3 is 2.31 bits per heavy atom. The van der Waals surface area contributed by atoms with Gasteiger partial charge in [-0.25, -0.2) is 0 Å². The normalized spacial score (nSPS) is 10.5. The van der Waals surface area contributed by atoms with Gasteiger partial charge in [-0.05, 0) is 69.3 Å². The summed E-state index contributed by atoms with van der Waals surface area (Å²) in [6, 6.07) is 17.4. The molecule has 1 amide bonds. The fourth-order valence-electron chi connectivity index (χ4n) is 2.57. The molecule has 0 spiro atoms. The van der Waals surface area contributed by atoms with Crippen molar-refractivity contribution in [3.8, 4) is 5.75 Å². The summed E-state index contributed by atoms with van der Waals surface area (Å²) < 4.78 is 5.58. The highest BCUT2D eigenvalue weighted by molar-refractivity contribution is 6.02. The molecule has 0 atom stereocenters. The molecular formula is C22H22N4O3. The van der Waals surface area contributed by atoms with Crippen molar-refractivity contribution in [2.75, 3.05) is 10.6 Å². The van der Waals surface area contributed by atoms with Gasteiger partial charge < -0.3 is 15.4 Å². The molecule has 1 aromatic heterocycles. The Hall–Kier alpha value is -3.74. The van der Waals surface area contributed by atoms with E-state index >= 15 is 0 Å². The van der Waals surface area contributed by atoms with Gasteiger partial charge in [-0.1, -0.05) is 12.1 Å². The van der Waals surface area contributed by atoms with Crippen molar-refractivity contribution < 1.29 is 14.3 Å². The molecule has 7 heteroatoms. The third kappa shape index (κ3) is 5.62. The second-order valence-electron chi connectivity index (χ2n) is 6.71. The molecule has 2 N–H and O–H groups in total. The molecule has 0 saturated carbocycles. The standard InChI is InChI=1S/C22H22N4O3/c1-14(2)29-19-9-7-17(8-10-19)24-22(28)20-11-12-21(26-25-20)23-18-6-4-5-16(13-18)15(3)27/h4-14H,1-3H3,(H,23,26)(H,24,28). The lowest BCUT2D eigenvalue weighted by atomic mass is 10.1. The Morgan fingerprint density at radius 2 is 1.69 bits per heavy atom. The zero-order valence-electron chi connectivity index (χ0n) is 16.5. The number of Topliss-reactive ketones (excluding diaryl/α,β-unsaturated/α-hetero) is 1. The first-order valence-corrected chi connectivity index (χ1v) is 9.20. The number of hydrogen-bond acceptors (Lipinski definition) is 6. The van der Waals surface area contributed by atoms with Crippen molar-refractivity contribution in [1.82, 2.24) is 10.2 Å². The van der Waals surface area contributed by atoms with Gasteiger partial charge in [-0.3, -0.25) is 9.59 Å². The maximum absolute atomic E-state index is 12.4. The van der Waals surface area contributed by atoms with E-state index in [0.717, 1.165) is 5.75 Å². The van der Waals surface area contributed by atoms with Crippen molar-refractivity contribution in [2.24, 2.45) is 0 Å². The van der Waals surface area contributed by atoms with E-state index in [-0.39, 0.29) is 23.5 Å². The van der Waals surface area contributed by atoms with Crippen molar-refractivity contribution in [2.45, 2.75) is 26.9 Å². The highest BCUT2D eigenvalue weighted by Gasteiger charge is 2.10. The molecule has 2 aromatic carbocycles. The zero-order valence-corrected chi connectivity index (χ0v) is 16.5. The van der Waals surface area contributed by atoms with Crippen LogP contribution in [0.25, 0.3) is 0 Å². The van der Waals surface area contributed by atoms with Crippen molar-refractivity contribution in [1.29, 1.82) is 0 Å². The monoisotopic (exact) mass is 390 g/mol. The van der Waals surface area contributed by atoms with Gasteiger partial charge in [-0.2, -0.15) is 0 Å². The lowest BCUT2D eigenvalue weighted by Crippen LogP contribution is -2.14. The number of rotatable bonds is 7. The minimum atomic E-state index is -0.361. The third-order valence-electron chi connectivity index (χ3n) is 3.92. The average Bonchev–Trinajstić information content (AvgIpc) is 2.70. The van der Waals surface area contributed by atoms with Crippen LogP contribution in [-0.4, -0.2) is 28.0 Å². The van der Waals surface area contributed by atoms with Crippen LogP contribution < -0.4 is 15.4 Å². The van der Waals surface area contributed by atoms with E-state index in [0.29, 0.717) is 22.8 Å².